The molecule has 1 aliphatic heterocycles. The Labute approximate surface area is 166 Å². The average Bonchev–Trinajstić information content (AvgIpc) is 2.69. The molecule has 0 aliphatic carbocycles. The lowest BCUT2D eigenvalue weighted by atomic mass is 10.2. The van der Waals surface area contributed by atoms with Crippen LogP contribution in [0.2, 0.25) is 0 Å². The Hall–Kier alpha value is -2.38. The lowest BCUT2D eigenvalue weighted by Crippen LogP contribution is -2.35. The third-order valence-electron chi connectivity index (χ3n) is 4.89. The number of anilines is 1. The van der Waals surface area contributed by atoms with Gasteiger partial charge in [-0.05, 0) is 56.0 Å². The van der Waals surface area contributed by atoms with Crippen molar-refractivity contribution in [3.05, 3.63) is 53.6 Å². The van der Waals surface area contributed by atoms with Crippen molar-refractivity contribution in [3.8, 4) is 5.75 Å². The number of para-hydroxylation sites is 1. The van der Waals surface area contributed by atoms with Crippen LogP contribution >= 0.6 is 0 Å². The van der Waals surface area contributed by atoms with Gasteiger partial charge < -0.3 is 10.1 Å². The van der Waals surface area contributed by atoms with Gasteiger partial charge >= 0.3 is 0 Å². The highest BCUT2D eigenvalue weighted by Crippen LogP contribution is 2.25. The number of hydrogen-bond donors (Lipinski definition) is 1. The minimum absolute atomic E-state index is 0.145. The van der Waals surface area contributed by atoms with Gasteiger partial charge in [-0.3, -0.25) is 4.79 Å². The third kappa shape index (κ3) is 4.72. The zero-order valence-corrected chi connectivity index (χ0v) is 17.1. The van der Waals surface area contributed by atoms with Crippen LogP contribution in [0, 0.1) is 13.8 Å². The highest BCUT2D eigenvalue weighted by molar-refractivity contribution is 7.89. The summed E-state index contributed by atoms with van der Waals surface area (Å²) < 4.78 is 32.8. The molecule has 1 saturated heterocycles. The number of carbonyl (C=O) groups is 1. The number of nitrogens with one attached hydrogen (secondary N) is 1. The number of rotatable bonds is 6. The fourth-order valence-corrected chi connectivity index (χ4v) is 4.74. The largest absolute Gasteiger partial charge is 0.483 e. The number of piperidine rings is 1. The Bertz CT molecular complexity index is 951. The van der Waals surface area contributed by atoms with Crippen LogP contribution in [0.4, 0.5) is 5.69 Å². The van der Waals surface area contributed by atoms with Crippen LogP contribution in [0.3, 0.4) is 0 Å². The summed E-state index contributed by atoms with van der Waals surface area (Å²) in [5, 5.41) is 2.77. The van der Waals surface area contributed by atoms with Gasteiger partial charge in [0.1, 0.15) is 5.75 Å². The van der Waals surface area contributed by atoms with E-state index in [1.165, 1.54) is 10.4 Å². The Morgan fingerprint density at radius 2 is 1.75 bits per heavy atom. The SMILES string of the molecule is Cc1ccc(S(=O)(=O)N2CCCCC2)cc1NC(=O)COc1ccccc1C. The minimum atomic E-state index is -3.55. The van der Waals surface area contributed by atoms with Crippen molar-refractivity contribution in [1.82, 2.24) is 4.31 Å². The molecule has 1 N–H and O–H groups in total. The molecule has 2 aromatic carbocycles. The number of benzene rings is 2. The molecule has 150 valence electrons. The van der Waals surface area contributed by atoms with Crippen molar-refractivity contribution in [2.75, 3.05) is 25.0 Å². The first-order valence-corrected chi connectivity index (χ1v) is 10.9. The molecule has 0 atom stereocenters. The van der Waals surface area contributed by atoms with Crippen LogP contribution in [0.15, 0.2) is 47.4 Å². The summed E-state index contributed by atoms with van der Waals surface area (Å²) >= 11 is 0. The van der Waals surface area contributed by atoms with E-state index in [-0.39, 0.29) is 17.4 Å². The summed E-state index contributed by atoms with van der Waals surface area (Å²) in [6, 6.07) is 12.3. The lowest BCUT2D eigenvalue weighted by molar-refractivity contribution is -0.118. The molecular formula is C21H26N2O4S. The first kappa shape index (κ1) is 20.4. The maximum atomic E-state index is 12.9. The molecule has 0 spiro atoms. The van der Waals surface area contributed by atoms with Crippen LogP contribution < -0.4 is 10.1 Å². The van der Waals surface area contributed by atoms with E-state index in [0.29, 0.717) is 24.5 Å². The normalized spacial score (nSPS) is 15.2. The molecule has 0 unspecified atom stereocenters. The molecular weight excluding hydrogens is 376 g/mol. The van der Waals surface area contributed by atoms with Crippen LogP contribution in [-0.4, -0.2) is 38.3 Å². The molecule has 28 heavy (non-hydrogen) atoms. The molecule has 1 heterocycles. The van der Waals surface area contributed by atoms with Crippen LogP contribution in [-0.2, 0) is 14.8 Å². The number of sulfonamides is 1. The van der Waals surface area contributed by atoms with E-state index in [2.05, 4.69) is 5.32 Å². The van der Waals surface area contributed by atoms with Gasteiger partial charge in [0.2, 0.25) is 10.0 Å². The topological polar surface area (TPSA) is 75.7 Å². The number of ether oxygens (including phenoxy) is 1. The number of hydrogen-bond acceptors (Lipinski definition) is 4. The van der Waals surface area contributed by atoms with Crippen molar-refractivity contribution in [2.24, 2.45) is 0 Å². The van der Waals surface area contributed by atoms with Crippen LogP contribution in [0.1, 0.15) is 30.4 Å². The fraction of sp³-hybridized carbons (Fsp3) is 0.381. The van der Waals surface area contributed by atoms with Gasteiger partial charge in [-0.1, -0.05) is 30.7 Å². The number of aryl methyl sites for hydroxylation is 2. The van der Waals surface area contributed by atoms with Gasteiger partial charge in [0.15, 0.2) is 6.61 Å². The van der Waals surface area contributed by atoms with Gasteiger partial charge in [-0.15, -0.1) is 0 Å². The first-order chi connectivity index (χ1) is 13.4. The monoisotopic (exact) mass is 402 g/mol. The number of amides is 1. The summed E-state index contributed by atoms with van der Waals surface area (Å²) in [6.45, 7) is 4.68. The second-order valence-electron chi connectivity index (χ2n) is 7.04. The van der Waals surface area contributed by atoms with Crippen molar-refractivity contribution in [3.63, 3.8) is 0 Å². The second kappa shape index (κ2) is 8.75. The van der Waals surface area contributed by atoms with E-state index in [4.69, 9.17) is 4.74 Å². The molecule has 1 amide bonds. The van der Waals surface area contributed by atoms with Crippen molar-refractivity contribution in [2.45, 2.75) is 38.0 Å². The highest BCUT2D eigenvalue weighted by Gasteiger charge is 2.26. The van der Waals surface area contributed by atoms with Gasteiger partial charge in [0, 0.05) is 18.8 Å². The maximum absolute atomic E-state index is 12.9. The van der Waals surface area contributed by atoms with Crippen LogP contribution in [0.5, 0.6) is 5.75 Å². The Morgan fingerprint density at radius 3 is 2.46 bits per heavy atom. The smallest absolute Gasteiger partial charge is 0.262 e. The van der Waals surface area contributed by atoms with Gasteiger partial charge in [0.05, 0.1) is 4.90 Å². The number of carbonyl (C=O) groups excluding carboxylic acids is 1. The average molecular weight is 403 g/mol. The predicted molar refractivity (Wildman–Crippen MR) is 109 cm³/mol. The molecule has 3 rings (SSSR count). The molecule has 2 aromatic rings. The summed E-state index contributed by atoms with van der Waals surface area (Å²) in [7, 11) is -3.55. The summed E-state index contributed by atoms with van der Waals surface area (Å²) in [6.07, 6.45) is 2.82. The summed E-state index contributed by atoms with van der Waals surface area (Å²) in [5.41, 5.74) is 2.22. The van der Waals surface area contributed by atoms with Gasteiger partial charge in [0.25, 0.3) is 5.91 Å². The Balaban J connectivity index is 1.71. The second-order valence-corrected chi connectivity index (χ2v) is 8.98. The van der Waals surface area contributed by atoms with E-state index < -0.39 is 10.0 Å². The molecule has 1 aliphatic rings. The maximum Gasteiger partial charge on any atom is 0.262 e. The zero-order chi connectivity index (χ0) is 20.1. The zero-order valence-electron chi connectivity index (χ0n) is 16.3. The molecule has 0 bridgehead atoms. The van der Waals surface area contributed by atoms with E-state index >= 15 is 0 Å². The van der Waals surface area contributed by atoms with E-state index in [0.717, 1.165) is 30.4 Å². The standard InChI is InChI=1S/C21H26N2O4S/c1-16-10-11-18(28(25,26)23-12-6-3-7-13-23)14-19(16)22-21(24)15-27-20-9-5-4-8-17(20)2/h4-5,8-11,14H,3,6-7,12-13,15H2,1-2H3,(H,22,24). The fourth-order valence-electron chi connectivity index (χ4n) is 3.20. The molecule has 6 nitrogen and oxygen atoms in total. The lowest BCUT2D eigenvalue weighted by Gasteiger charge is -2.26. The molecule has 0 radical (unpaired) electrons. The van der Waals surface area contributed by atoms with E-state index in [9.17, 15) is 13.2 Å². The predicted octanol–water partition coefficient (Wildman–Crippen LogP) is 3.50. The Kier molecular flexibility index (Phi) is 6.36. The minimum Gasteiger partial charge on any atom is -0.483 e. The van der Waals surface area contributed by atoms with Crippen molar-refractivity contribution >= 4 is 21.6 Å². The molecule has 0 aromatic heterocycles. The summed E-state index contributed by atoms with van der Waals surface area (Å²) in [4.78, 5) is 12.5. The quantitative estimate of drug-likeness (QED) is 0.802. The molecule has 1 fully saturated rings. The van der Waals surface area contributed by atoms with E-state index in [1.807, 2.05) is 32.0 Å². The van der Waals surface area contributed by atoms with Gasteiger partial charge in [-0.25, -0.2) is 8.42 Å². The van der Waals surface area contributed by atoms with E-state index in [1.54, 1.807) is 18.2 Å². The Morgan fingerprint density at radius 1 is 1.04 bits per heavy atom. The first-order valence-electron chi connectivity index (χ1n) is 9.47. The highest BCUT2D eigenvalue weighted by atomic mass is 32.2. The number of nitrogens with zero attached hydrogens (tertiary/aromatic N) is 1. The van der Waals surface area contributed by atoms with Crippen molar-refractivity contribution in [1.29, 1.82) is 0 Å². The van der Waals surface area contributed by atoms with Crippen LogP contribution in [0.25, 0.3) is 0 Å². The molecule has 0 saturated carbocycles. The van der Waals surface area contributed by atoms with Crippen molar-refractivity contribution < 1.29 is 17.9 Å². The van der Waals surface area contributed by atoms with Gasteiger partial charge in [-0.2, -0.15) is 4.31 Å². The molecule has 7 heteroatoms. The summed E-state index contributed by atoms with van der Waals surface area (Å²) in [5.74, 6) is 0.315. The third-order valence-corrected chi connectivity index (χ3v) is 6.78.